The van der Waals surface area contributed by atoms with Gasteiger partial charge in [0.25, 0.3) is 0 Å². The molecule has 3 aliphatic rings. The fourth-order valence-electron chi connectivity index (χ4n) is 6.83. The maximum atomic E-state index is 14.2. The average molecular weight is 709 g/mol. The van der Waals surface area contributed by atoms with Gasteiger partial charge in [-0.15, -0.1) is 0 Å². The van der Waals surface area contributed by atoms with Crippen LogP contribution in [0.15, 0.2) is 41.3 Å². The molecule has 3 bridgehead atoms. The Morgan fingerprint density at radius 1 is 1.15 bits per heavy atom. The molecule has 5 unspecified atom stereocenters. The lowest BCUT2D eigenvalue weighted by atomic mass is 9.78. The first-order chi connectivity index (χ1) is 22.9. The van der Waals surface area contributed by atoms with Crippen molar-refractivity contribution in [2.24, 2.45) is 17.8 Å². The summed E-state index contributed by atoms with van der Waals surface area (Å²) in [5.41, 5.74) is 0.833. The van der Waals surface area contributed by atoms with Gasteiger partial charge in [-0.25, -0.2) is 27.0 Å². The lowest BCUT2D eigenvalue weighted by Gasteiger charge is -2.37. The third kappa shape index (κ3) is 7.76. The summed E-state index contributed by atoms with van der Waals surface area (Å²) < 4.78 is 75.9. The zero-order valence-electron chi connectivity index (χ0n) is 27.1. The zero-order valence-corrected chi connectivity index (χ0v) is 28.7. The number of alkyl carbamates (subject to hydrolysis) is 1. The van der Waals surface area contributed by atoms with Crippen LogP contribution in [-0.2, 0) is 30.7 Å². The summed E-state index contributed by atoms with van der Waals surface area (Å²) >= 11 is 1.35. The number of nitrogens with one attached hydrogen (secondary N) is 2. The van der Waals surface area contributed by atoms with Gasteiger partial charge in [-0.3, -0.25) is 0 Å². The molecule has 3 aromatic rings. The van der Waals surface area contributed by atoms with Crippen molar-refractivity contribution in [2.45, 2.75) is 82.0 Å². The van der Waals surface area contributed by atoms with Gasteiger partial charge >= 0.3 is 6.09 Å². The molecule has 0 radical (unpaired) electrons. The van der Waals surface area contributed by atoms with Crippen molar-refractivity contribution in [2.75, 3.05) is 31.6 Å². The molecule has 1 aliphatic carbocycles. The van der Waals surface area contributed by atoms with Crippen LogP contribution in [0, 0.1) is 29.4 Å². The van der Waals surface area contributed by atoms with Crippen LogP contribution in [0.3, 0.4) is 0 Å². The minimum absolute atomic E-state index is 0.0360. The topological polar surface area (TPSA) is 139 Å². The van der Waals surface area contributed by atoms with E-state index in [2.05, 4.69) is 15.6 Å². The van der Waals surface area contributed by atoms with E-state index in [4.69, 9.17) is 14.2 Å². The Balaban J connectivity index is 1.23. The van der Waals surface area contributed by atoms with Crippen LogP contribution in [0.5, 0.6) is 0 Å². The number of hydrogen-bond acceptors (Lipinski definition) is 10. The molecular formula is C33H42F2N4O7S2. The van der Waals surface area contributed by atoms with Crippen LogP contribution in [0.25, 0.3) is 10.2 Å². The first-order valence-corrected chi connectivity index (χ1v) is 18.7. The van der Waals surface area contributed by atoms with E-state index >= 15 is 0 Å². The predicted molar refractivity (Wildman–Crippen MR) is 176 cm³/mol. The molecule has 7 atom stereocenters. The molecule has 48 heavy (non-hydrogen) atoms. The Kier molecular flexibility index (Phi) is 10.5. The number of fused-ring (bicyclic) bond motifs is 3. The minimum Gasteiger partial charge on any atom is -0.443 e. The fourth-order valence-corrected chi connectivity index (χ4v) is 9.49. The Hall–Kier alpha value is -2.95. The van der Waals surface area contributed by atoms with Gasteiger partial charge < -0.3 is 30.0 Å². The number of sulfonamides is 1. The van der Waals surface area contributed by atoms with Crippen molar-refractivity contribution in [3.8, 4) is 0 Å². The average Bonchev–Trinajstić information content (AvgIpc) is 3.57. The standard InChI is InChI=1S/C33H42F2N4O7S2/c1-4-7-36-32-37-25-6-5-24(14-29(25)47-32)48(42,43)39(15-18(2)3)16-27(40)26(10-19-8-22(34)13-23(35)9-19)38-33(41)46-30-21-11-20-12-28(30)45-31(20)44-17-21/h5-6,8-9,13-14,18,20-21,26-28,30-31,40H,4,7,10-12,15-17H2,1-3H3,(H,36,37)(H,38,41)/t20?,21?,26-,27+,28?,30?,31?/m0/s1. The van der Waals surface area contributed by atoms with E-state index in [-0.39, 0.29) is 53.6 Å². The van der Waals surface area contributed by atoms with E-state index in [0.717, 1.165) is 37.6 Å². The molecule has 6 rings (SSSR count). The van der Waals surface area contributed by atoms with Gasteiger partial charge in [0.05, 0.1) is 40.0 Å². The number of carbonyl (C=O) groups is 1. The van der Waals surface area contributed by atoms with E-state index in [1.807, 2.05) is 20.8 Å². The maximum Gasteiger partial charge on any atom is 0.407 e. The monoisotopic (exact) mass is 708 g/mol. The van der Waals surface area contributed by atoms with Gasteiger partial charge in [-0.05, 0) is 67.5 Å². The van der Waals surface area contributed by atoms with Crippen molar-refractivity contribution in [3.63, 3.8) is 0 Å². The van der Waals surface area contributed by atoms with Crippen LogP contribution >= 0.6 is 11.3 Å². The molecular weight excluding hydrogens is 667 g/mol. The van der Waals surface area contributed by atoms with Crippen molar-refractivity contribution < 1.29 is 41.3 Å². The molecule has 3 heterocycles. The number of aliphatic hydroxyl groups excluding tert-OH is 1. The highest BCUT2D eigenvalue weighted by atomic mass is 32.2. The van der Waals surface area contributed by atoms with Crippen LogP contribution in [-0.4, -0.2) is 85.8 Å². The minimum atomic E-state index is -4.14. The highest BCUT2D eigenvalue weighted by Gasteiger charge is 2.53. The van der Waals surface area contributed by atoms with Gasteiger partial charge in [0, 0.05) is 37.5 Å². The Morgan fingerprint density at radius 3 is 2.65 bits per heavy atom. The van der Waals surface area contributed by atoms with Crippen LogP contribution < -0.4 is 10.6 Å². The molecule has 0 spiro atoms. The van der Waals surface area contributed by atoms with E-state index < -0.39 is 52.5 Å². The number of amides is 1. The maximum absolute atomic E-state index is 14.2. The Morgan fingerprint density at radius 2 is 1.92 bits per heavy atom. The van der Waals surface area contributed by atoms with E-state index in [1.165, 1.54) is 21.7 Å². The fraction of sp³-hybridized carbons (Fsp3) is 0.576. The molecule has 1 aromatic heterocycles. The van der Waals surface area contributed by atoms with Gasteiger partial charge in [-0.1, -0.05) is 32.1 Å². The van der Waals surface area contributed by atoms with E-state index in [0.29, 0.717) is 28.4 Å². The van der Waals surface area contributed by atoms with E-state index in [9.17, 15) is 27.1 Å². The molecule has 2 aliphatic heterocycles. The van der Waals surface area contributed by atoms with Gasteiger partial charge in [-0.2, -0.15) is 4.31 Å². The number of thiazole rings is 1. The van der Waals surface area contributed by atoms with Crippen molar-refractivity contribution in [1.82, 2.24) is 14.6 Å². The van der Waals surface area contributed by atoms with Gasteiger partial charge in [0.15, 0.2) is 11.4 Å². The summed E-state index contributed by atoms with van der Waals surface area (Å²) in [5.74, 6) is -1.53. The van der Waals surface area contributed by atoms with Crippen LogP contribution in [0.2, 0.25) is 0 Å². The van der Waals surface area contributed by atoms with Crippen molar-refractivity contribution >= 4 is 42.8 Å². The van der Waals surface area contributed by atoms with Gasteiger partial charge in [0.2, 0.25) is 10.0 Å². The molecule has 1 amide bonds. The largest absolute Gasteiger partial charge is 0.443 e. The molecule has 3 fully saturated rings. The third-order valence-electron chi connectivity index (χ3n) is 9.01. The summed E-state index contributed by atoms with van der Waals surface area (Å²) in [4.78, 5) is 17.9. The lowest BCUT2D eigenvalue weighted by Crippen LogP contribution is -2.53. The number of anilines is 1. The third-order valence-corrected chi connectivity index (χ3v) is 11.8. The molecule has 15 heteroatoms. The summed E-state index contributed by atoms with van der Waals surface area (Å²) in [6.45, 7) is 6.55. The number of aliphatic hydroxyl groups is 1. The normalized spacial score (nSPS) is 24.7. The van der Waals surface area contributed by atoms with Crippen molar-refractivity contribution in [1.29, 1.82) is 0 Å². The number of halogens is 2. The number of benzene rings is 2. The Labute approximate surface area is 283 Å². The highest BCUT2D eigenvalue weighted by molar-refractivity contribution is 7.89. The van der Waals surface area contributed by atoms with Crippen molar-refractivity contribution in [3.05, 3.63) is 53.6 Å². The summed E-state index contributed by atoms with van der Waals surface area (Å²) in [6, 6.07) is 6.49. The molecule has 2 aromatic carbocycles. The van der Waals surface area contributed by atoms with Crippen LogP contribution in [0.1, 0.15) is 45.6 Å². The molecule has 11 nitrogen and oxygen atoms in total. The quantitative estimate of drug-likeness (QED) is 0.214. The summed E-state index contributed by atoms with van der Waals surface area (Å²) in [5, 5.41) is 18.2. The van der Waals surface area contributed by atoms with E-state index in [1.54, 1.807) is 12.1 Å². The number of rotatable bonds is 14. The summed E-state index contributed by atoms with van der Waals surface area (Å²) in [7, 11) is -4.14. The number of aromatic nitrogens is 1. The van der Waals surface area contributed by atoms with Gasteiger partial charge in [0.1, 0.15) is 17.7 Å². The number of carbonyl (C=O) groups excluding carboxylic acids is 1. The summed E-state index contributed by atoms with van der Waals surface area (Å²) in [6.07, 6.45) is -1.27. The predicted octanol–water partition coefficient (Wildman–Crippen LogP) is 4.89. The number of hydrogen-bond donors (Lipinski definition) is 3. The first kappa shape index (κ1) is 34.9. The second-order valence-corrected chi connectivity index (χ2v) is 16.3. The lowest BCUT2D eigenvalue weighted by molar-refractivity contribution is -0.153. The second-order valence-electron chi connectivity index (χ2n) is 13.3. The number of ether oxygens (including phenoxy) is 3. The smallest absolute Gasteiger partial charge is 0.407 e. The molecule has 2 saturated heterocycles. The molecule has 3 N–H and O–H groups in total. The van der Waals surface area contributed by atoms with Crippen LogP contribution in [0.4, 0.5) is 18.7 Å². The molecule has 262 valence electrons. The zero-order chi connectivity index (χ0) is 34.2. The Bertz CT molecular complexity index is 1700. The number of nitrogens with zero attached hydrogens (tertiary/aromatic N) is 2. The SMILES string of the molecule is CCCNc1nc2ccc(S(=O)(=O)N(CC(C)C)C[C@@H](O)[C@H](Cc3cc(F)cc(F)c3)NC(=O)OC3C4COC5OC3CC5C4)cc2s1. The first-order valence-electron chi connectivity index (χ1n) is 16.4. The second kappa shape index (κ2) is 14.5. The molecule has 1 saturated carbocycles. The highest BCUT2D eigenvalue weighted by Crippen LogP contribution is 2.46.